The molecule has 0 aromatic heterocycles. The first kappa shape index (κ1) is 20.1. The van der Waals surface area contributed by atoms with E-state index in [0.717, 1.165) is 12.8 Å². The van der Waals surface area contributed by atoms with Gasteiger partial charge in [0.15, 0.2) is 0 Å². The van der Waals surface area contributed by atoms with Gasteiger partial charge in [-0.1, -0.05) is 20.8 Å². The Morgan fingerprint density at radius 2 is 1.76 bits per heavy atom. The van der Waals surface area contributed by atoms with Gasteiger partial charge in [-0.05, 0) is 25.7 Å². The molecule has 2 aliphatic rings. The van der Waals surface area contributed by atoms with Crippen LogP contribution < -0.4 is 5.32 Å². The van der Waals surface area contributed by atoms with Crippen molar-refractivity contribution >= 4 is 11.8 Å². The number of rotatable bonds is 4. The average molecular weight is 359 g/mol. The standard InChI is InChI=1S/C18H31F2N3O2/c1-18(2,3)17(25)23-8-4-5-13(11-23)16(24)21-14-6-9-22(10-7-14)12-15(19)20/h13-15H,4-12H2,1-3H3,(H,21,24). The highest BCUT2D eigenvalue weighted by Crippen LogP contribution is 2.24. The minimum Gasteiger partial charge on any atom is -0.353 e. The van der Waals surface area contributed by atoms with E-state index in [1.807, 2.05) is 20.8 Å². The molecule has 1 unspecified atom stereocenters. The van der Waals surface area contributed by atoms with Crippen LogP contribution in [0.3, 0.4) is 0 Å². The molecule has 5 nitrogen and oxygen atoms in total. The van der Waals surface area contributed by atoms with Gasteiger partial charge in [0.1, 0.15) is 0 Å². The van der Waals surface area contributed by atoms with Crippen LogP contribution >= 0.6 is 0 Å². The zero-order valence-corrected chi connectivity index (χ0v) is 15.6. The van der Waals surface area contributed by atoms with Gasteiger partial charge in [0.25, 0.3) is 6.43 Å². The predicted octanol–water partition coefficient (Wildman–Crippen LogP) is 2.12. The van der Waals surface area contributed by atoms with Gasteiger partial charge >= 0.3 is 0 Å². The molecule has 144 valence electrons. The topological polar surface area (TPSA) is 52.7 Å². The van der Waals surface area contributed by atoms with E-state index in [9.17, 15) is 18.4 Å². The number of halogens is 2. The van der Waals surface area contributed by atoms with Crippen molar-refractivity contribution in [1.29, 1.82) is 0 Å². The van der Waals surface area contributed by atoms with Gasteiger partial charge in [0.2, 0.25) is 11.8 Å². The Labute approximate surface area is 149 Å². The molecule has 25 heavy (non-hydrogen) atoms. The SMILES string of the molecule is CC(C)(C)C(=O)N1CCCC(C(=O)NC2CCN(CC(F)F)CC2)C1. The normalized spacial score (nSPS) is 23.8. The lowest BCUT2D eigenvalue weighted by molar-refractivity contribution is -0.143. The lowest BCUT2D eigenvalue weighted by Crippen LogP contribution is -2.51. The molecular weight excluding hydrogens is 328 g/mol. The van der Waals surface area contributed by atoms with Crippen molar-refractivity contribution < 1.29 is 18.4 Å². The highest BCUT2D eigenvalue weighted by Gasteiger charge is 2.34. The lowest BCUT2D eigenvalue weighted by Gasteiger charge is -2.37. The van der Waals surface area contributed by atoms with Crippen molar-refractivity contribution in [3.63, 3.8) is 0 Å². The Hall–Kier alpha value is -1.24. The quantitative estimate of drug-likeness (QED) is 0.837. The summed E-state index contributed by atoms with van der Waals surface area (Å²) in [6.45, 7) is 7.87. The second-order valence-corrected chi connectivity index (χ2v) is 8.31. The molecule has 0 radical (unpaired) electrons. The molecule has 2 fully saturated rings. The summed E-state index contributed by atoms with van der Waals surface area (Å²) in [5.74, 6) is -0.0804. The maximum absolute atomic E-state index is 12.6. The number of alkyl halides is 2. The zero-order valence-electron chi connectivity index (χ0n) is 15.6. The van der Waals surface area contributed by atoms with E-state index in [2.05, 4.69) is 5.32 Å². The average Bonchev–Trinajstić information content (AvgIpc) is 2.54. The molecular formula is C18H31F2N3O2. The van der Waals surface area contributed by atoms with Crippen molar-refractivity contribution in [2.24, 2.45) is 11.3 Å². The van der Waals surface area contributed by atoms with Gasteiger partial charge in [0.05, 0.1) is 12.5 Å². The Kier molecular flexibility index (Phi) is 6.77. The molecule has 2 rings (SSSR count). The predicted molar refractivity (Wildman–Crippen MR) is 92.4 cm³/mol. The molecule has 0 aromatic rings. The summed E-state index contributed by atoms with van der Waals surface area (Å²) in [7, 11) is 0. The van der Waals surface area contributed by atoms with E-state index < -0.39 is 11.8 Å². The molecule has 0 spiro atoms. The van der Waals surface area contributed by atoms with Crippen molar-refractivity contribution in [3.8, 4) is 0 Å². The number of amides is 2. The van der Waals surface area contributed by atoms with Gasteiger partial charge in [-0.2, -0.15) is 0 Å². The summed E-state index contributed by atoms with van der Waals surface area (Å²) in [6, 6.07) is 0.0510. The Bertz CT molecular complexity index is 471. The van der Waals surface area contributed by atoms with E-state index in [1.165, 1.54) is 0 Å². The summed E-state index contributed by atoms with van der Waals surface area (Å²) in [5.41, 5.74) is -0.435. The smallest absolute Gasteiger partial charge is 0.251 e. The number of piperidine rings is 2. The van der Waals surface area contributed by atoms with Gasteiger partial charge in [0, 0.05) is 37.6 Å². The third-order valence-electron chi connectivity index (χ3n) is 5.05. The highest BCUT2D eigenvalue weighted by atomic mass is 19.3. The van der Waals surface area contributed by atoms with Crippen LogP contribution in [0.2, 0.25) is 0 Å². The first-order valence-corrected chi connectivity index (χ1v) is 9.27. The van der Waals surface area contributed by atoms with Crippen molar-refractivity contribution in [1.82, 2.24) is 15.1 Å². The van der Waals surface area contributed by atoms with Gasteiger partial charge in [-0.25, -0.2) is 8.78 Å². The number of likely N-dealkylation sites (tertiary alicyclic amines) is 2. The number of carbonyl (C=O) groups excluding carboxylic acids is 2. The van der Waals surface area contributed by atoms with E-state index in [0.29, 0.717) is 39.0 Å². The third kappa shape index (κ3) is 5.90. The molecule has 2 saturated heterocycles. The summed E-state index contributed by atoms with van der Waals surface area (Å²) in [5, 5.41) is 3.07. The largest absolute Gasteiger partial charge is 0.353 e. The van der Waals surface area contributed by atoms with Crippen LogP contribution in [0.15, 0.2) is 0 Å². The minimum atomic E-state index is -2.31. The van der Waals surface area contributed by atoms with Crippen molar-refractivity contribution in [2.45, 2.75) is 58.9 Å². The number of hydrogen-bond donors (Lipinski definition) is 1. The van der Waals surface area contributed by atoms with Gasteiger partial charge in [-0.3, -0.25) is 14.5 Å². The summed E-state index contributed by atoms with van der Waals surface area (Å²) in [6.07, 6.45) is 0.738. The molecule has 0 aromatic carbocycles. The van der Waals surface area contributed by atoms with Crippen molar-refractivity contribution in [3.05, 3.63) is 0 Å². The number of nitrogens with zero attached hydrogens (tertiary/aromatic N) is 2. The summed E-state index contributed by atoms with van der Waals surface area (Å²) < 4.78 is 24.8. The minimum absolute atomic E-state index is 0.00119. The van der Waals surface area contributed by atoms with Crippen molar-refractivity contribution in [2.75, 3.05) is 32.7 Å². The molecule has 1 atom stereocenters. The molecule has 0 bridgehead atoms. The Morgan fingerprint density at radius 1 is 1.12 bits per heavy atom. The van der Waals surface area contributed by atoms with Crippen LogP contribution in [0.4, 0.5) is 8.78 Å². The zero-order chi connectivity index (χ0) is 18.6. The second kappa shape index (κ2) is 8.43. The number of hydrogen-bond acceptors (Lipinski definition) is 3. The number of carbonyl (C=O) groups is 2. The highest BCUT2D eigenvalue weighted by molar-refractivity contribution is 5.84. The first-order valence-electron chi connectivity index (χ1n) is 9.27. The maximum atomic E-state index is 12.6. The van der Waals surface area contributed by atoms with Crippen LogP contribution in [0.1, 0.15) is 46.5 Å². The van der Waals surface area contributed by atoms with Crippen LogP contribution in [0.5, 0.6) is 0 Å². The van der Waals surface area contributed by atoms with Crippen LogP contribution in [-0.4, -0.2) is 66.8 Å². The van der Waals surface area contributed by atoms with E-state index >= 15 is 0 Å². The van der Waals surface area contributed by atoms with E-state index in [1.54, 1.807) is 9.80 Å². The Morgan fingerprint density at radius 3 is 2.32 bits per heavy atom. The lowest BCUT2D eigenvalue weighted by atomic mass is 9.90. The fourth-order valence-corrected chi connectivity index (χ4v) is 3.62. The maximum Gasteiger partial charge on any atom is 0.251 e. The fourth-order valence-electron chi connectivity index (χ4n) is 3.62. The van der Waals surface area contributed by atoms with Crippen LogP contribution in [0, 0.1) is 11.3 Å². The molecule has 2 amide bonds. The monoisotopic (exact) mass is 359 g/mol. The molecule has 2 aliphatic heterocycles. The first-order chi connectivity index (χ1) is 11.7. The third-order valence-corrected chi connectivity index (χ3v) is 5.05. The van der Waals surface area contributed by atoms with Gasteiger partial charge in [-0.15, -0.1) is 0 Å². The van der Waals surface area contributed by atoms with E-state index in [-0.39, 0.29) is 30.3 Å². The number of nitrogens with one attached hydrogen (secondary N) is 1. The van der Waals surface area contributed by atoms with Crippen LogP contribution in [-0.2, 0) is 9.59 Å². The molecule has 0 aliphatic carbocycles. The summed E-state index contributed by atoms with van der Waals surface area (Å²) >= 11 is 0. The molecule has 7 heteroatoms. The van der Waals surface area contributed by atoms with Crippen LogP contribution in [0.25, 0.3) is 0 Å². The molecule has 0 saturated carbocycles. The summed E-state index contributed by atoms with van der Waals surface area (Å²) in [4.78, 5) is 28.5. The molecule has 2 heterocycles. The van der Waals surface area contributed by atoms with E-state index in [4.69, 9.17) is 0 Å². The van der Waals surface area contributed by atoms with Gasteiger partial charge < -0.3 is 10.2 Å². The molecule has 1 N–H and O–H groups in total. The second-order valence-electron chi connectivity index (χ2n) is 8.31. The fraction of sp³-hybridized carbons (Fsp3) is 0.889. The Balaban J connectivity index is 1.80.